The van der Waals surface area contributed by atoms with Crippen molar-refractivity contribution in [3.05, 3.63) is 29.3 Å². The molecule has 3 nitrogen and oxygen atoms in total. The van der Waals surface area contributed by atoms with Crippen molar-refractivity contribution in [1.82, 2.24) is 0 Å². The highest BCUT2D eigenvalue weighted by atomic mass is 16.3. The average molecular weight is 245 g/mol. The van der Waals surface area contributed by atoms with Crippen LogP contribution in [-0.4, -0.2) is 17.6 Å². The molecule has 96 valence electrons. The van der Waals surface area contributed by atoms with E-state index < -0.39 is 5.41 Å². The Labute approximate surface area is 107 Å². The zero-order valence-electron chi connectivity index (χ0n) is 10.9. The van der Waals surface area contributed by atoms with E-state index in [0.717, 1.165) is 24.1 Å². The summed E-state index contributed by atoms with van der Waals surface area (Å²) in [6.07, 6.45) is 3.27. The molecule has 1 aromatic carbocycles. The molecule has 1 fully saturated rings. The molecule has 1 saturated carbocycles. The Morgan fingerprint density at radius 1 is 1.33 bits per heavy atom. The maximum Gasteiger partial charge on any atom is 0.234 e. The number of anilines is 1. The van der Waals surface area contributed by atoms with Crippen LogP contribution in [-0.2, 0) is 15.6 Å². The van der Waals surface area contributed by atoms with Gasteiger partial charge in [0, 0.05) is 11.1 Å². The standard InChI is InChI=1S/C15H19NO2/c1-14(2)11-8-10(15(9-17)6-3-7-15)4-5-12(11)16-13(14)18/h4-5,8,17H,3,6-7,9H2,1-2H3,(H,16,18). The summed E-state index contributed by atoms with van der Waals surface area (Å²) >= 11 is 0. The Bertz CT molecular complexity index is 510. The van der Waals surface area contributed by atoms with Gasteiger partial charge in [-0.25, -0.2) is 0 Å². The third kappa shape index (κ3) is 1.37. The molecule has 18 heavy (non-hydrogen) atoms. The molecule has 0 saturated heterocycles. The van der Waals surface area contributed by atoms with Crippen LogP contribution in [0, 0.1) is 0 Å². The van der Waals surface area contributed by atoms with Crippen molar-refractivity contribution in [2.24, 2.45) is 0 Å². The first-order chi connectivity index (χ1) is 8.49. The van der Waals surface area contributed by atoms with Crippen molar-refractivity contribution in [1.29, 1.82) is 0 Å². The quantitative estimate of drug-likeness (QED) is 0.840. The Balaban J connectivity index is 2.07. The molecule has 1 amide bonds. The predicted molar refractivity (Wildman–Crippen MR) is 70.7 cm³/mol. The summed E-state index contributed by atoms with van der Waals surface area (Å²) in [6, 6.07) is 6.14. The number of hydrogen-bond acceptors (Lipinski definition) is 2. The summed E-state index contributed by atoms with van der Waals surface area (Å²) in [4.78, 5) is 11.9. The molecule has 3 heteroatoms. The number of hydrogen-bond donors (Lipinski definition) is 2. The second-order valence-corrected chi connectivity index (χ2v) is 6.13. The molecule has 3 rings (SSSR count). The third-order valence-corrected chi connectivity index (χ3v) is 4.73. The molecular formula is C15H19NO2. The Morgan fingerprint density at radius 2 is 2.06 bits per heavy atom. The fourth-order valence-corrected chi connectivity index (χ4v) is 3.04. The first kappa shape index (κ1) is 11.7. The van der Waals surface area contributed by atoms with E-state index in [-0.39, 0.29) is 17.9 Å². The zero-order valence-corrected chi connectivity index (χ0v) is 10.9. The van der Waals surface area contributed by atoms with Crippen LogP contribution in [0.5, 0.6) is 0 Å². The van der Waals surface area contributed by atoms with E-state index in [2.05, 4.69) is 17.4 Å². The number of fused-ring (bicyclic) bond motifs is 1. The highest BCUT2D eigenvalue weighted by Gasteiger charge is 2.42. The first-order valence-corrected chi connectivity index (χ1v) is 6.57. The topological polar surface area (TPSA) is 49.3 Å². The minimum Gasteiger partial charge on any atom is -0.395 e. The van der Waals surface area contributed by atoms with Gasteiger partial charge in [-0.2, -0.15) is 0 Å². The minimum atomic E-state index is -0.467. The Kier molecular flexibility index (Phi) is 2.33. The maximum atomic E-state index is 11.9. The van der Waals surface area contributed by atoms with Crippen molar-refractivity contribution < 1.29 is 9.90 Å². The fourth-order valence-electron chi connectivity index (χ4n) is 3.04. The summed E-state index contributed by atoms with van der Waals surface area (Å²) in [5.41, 5.74) is 2.63. The van der Waals surface area contributed by atoms with Crippen LogP contribution in [0.15, 0.2) is 18.2 Å². The number of amides is 1. The fraction of sp³-hybridized carbons (Fsp3) is 0.533. The van der Waals surface area contributed by atoms with Crippen LogP contribution in [0.25, 0.3) is 0 Å². The number of rotatable bonds is 2. The lowest BCUT2D eigenvalue weighted by Gasteiger charge is -2.41. The van der Waals surface area contributed by atoms with Crippen molar-refractivity contribution in [2.45, 2.75) is 43.9 Å². The molecule has 1 aromatic rings. The molecular weight excluding hydrogens is 226 g/mol. The van der Waals surface area contributed by atoms with E-state index in [4.69, 9.17) is 0 Å². The maximum absolute atomic E-state index is 11.9. The molecule has 1 aliphatic heterocycles. The SMILES string of the molecule is CC1(C)C(=O)Nc2ccc(C3(CO)CCC3)cc21. The third-order valence-electron chi connectivity index (χ3n) is 4.73. The molecule has 0 spiro atoms. The predicted octanol–water partition coefficient (Wildman–Crippen LogP) is 2.33. The lowest BCUT2D eigenvalue weighted by Crippen LogP contribution is -2.38. The van der Waals surface area contributed by atoms with Gasteiger partial charge in [0.15, 0.2) is 0 Å². The molecule has 0 aromatic heterocycles. The van der Waals surface area contributed by atoms with E-state index in [1.54, 1.807) is 0 Å². The second kappa shape index (κ2) is 3.58. The number of carbonyl (C=O) groups excluding carboxylic acids is 1. The van der Waals surface area contributed by atoms with Gasteiger partial charge in [-0.3, -0.25) is 4.79 Å². The number of nitrogens with one attached hydrogen (secondary N) is 1. The average Bonchev–Trinajstić information content (AvgIpc) is 2.50. The van der Waals surface area contributed by atoms with E-state index >= 15 is 0 Å². The highest BCUT2D eigenvalue weighted by molar-refractivity contribution is 6.05. The van der Waals surface area contributed by atoms with E-state index in [9.17, 15) is 9.90 Å². The summed E-state index contributed by atoms with van der Waals surface area (Å²) in [5.74, 6) is 0.0568. The molecule has 1 heterocycles. The van der Waals surface area contributed by atoms with Gasteiger partial charge in [0.1, 0.15) is 0 Å². The normalized spacial score (nSPS) is 23.2. The van der Waals surface area contributed by atoms with Crippen LogP contribution < -0.4 is 5.32 Å². The lowest BCUT2D eigenvalue weighted by atomic mass is 9.64. The number of aliphatic hydroxyl groups is 1. The van der Waals surface area contributed by atoms with Crippen LogP contribution in [0.2, 0.25) is 0 Å². The minimum absolute atomic E-state index is 0.0568. The van der Waals surface area contributed by atoms with Gasteiger partial charge in [0.25, 0.3) is 0 Å². The molecule has 2 aliphatic rings. The largest absolute Gasteiger partial charge is 0.395 e. The molecule has 1 aliphatic carbocycles. The van der Waals surface area contributed by atoms with Gasteiger partial charge < -0.3 is 10.4 Å². The van der Waals surface area contributed by atoms with E-state index in [0.29, 0.717) is 0 Å². The molecule has 0 radical (unpaired) electrons. The summed E-state index contributed by atoms with van der Waals surface area (Å²) < 4.78 is 0. The Hall–Kier alpha value is -1.35. The zero-order chi connectivity index (χ0) is 13.0. The van der Waals surface area contributed by atoms with Crippen molar-refractivity contribution in [2.75, 3.05) is 11.9 Å². The van der Waals surface area contributed by atoms with Gasteiger partial charge in [-0.05, 0) is 43.9 Å². The summed E-state index contributed by atoms with van der Waals surface area (Å²) in [7, 11) is 0. The van der Waals surface area contributed by atoms with Crippen molar-refractivity contribution >= 4 is 11.6 Å². The van der Waals surface area contributed by atoms with Gasteiger partial charge in [-0.1, -0.05) is 18.6 Å². The number of carbonyl (C=O) groups is 1. The monoisotopic (exact) mass is 245 g/mol. The second-order valence-electron chi connectivity index (χ2n) is 6.13. The van der Waals surface area contributed by atoms with Crippen molar-refractivity contribution in [3.63, 3.8) is 0 Å². The van der Waals surface area contributed by atoms with Gasteiger partial charge in [-0.15, -0.1) is 0 Å². The smallest absolute Gasteiger partial charge is 0.234 e. The summed E-state index contributed by atoms with van der Waals surface area (Å²) in [6.45, 7) is 4.10. The van der Waals surface area contributed by atoms with E-state index in [1.165, 1.54) is 12.0 Å². The van der Waals surface area contributed by atoms with E-state index in [1.807, 2.05) is 19.9 Å². The van der Waals surface area contributed by atoms with Crippen LogP contribution >= 0.6 is 0 Å². The Morgan fingerprint density at radius 3 is 2.61 bits per heavy atom. The van der Waals surface area contributed by atoms with Crippen molar-refractivity contribution in [3.8, 4) is 0 Å². The number of aliphatic hydroxyl groups excluding tert-OH is 1. The molecule has 2 N–H and O–H groups in total. The lowest BCUT2D eigenvalue weighted by molar-refractivity contribution is -0.119. The van der Waals surface area contributed by atoms with Crippen LogP contribution in [0.1, 0.15) is 44.2 Å². The molecule has 0 bridgehead atoms. The molecule has 0 atom stereocenters. The van der Waals surface area contributed by atoms with Crippen LogP contribution in [0.3, 0.4) is 0 Å². The van der Waals surface area contributed by atoms with Gasteiger partial charge in [0.05, 0.1) is 12.0 Å². The van der Waals surface area contributed by atoms with Gasteiger partial charge in [0.2, 0.25) is 5.91 Å². The van der Waals surface area contributed by atoms with Gasteiger partial charge >= 0.3 is 0 Å². The highest BCUT2D eigenvalue weighted by Crippen LogP contribution is 2.46. The van der Waals surface area contributed by atoms with Crippen LogP contribution in [0.4, 0.5) is 5.69 Å². The summed E-state index contributed by atoms with van der Waals surface area (Å²) in [5, 5.41) is 12.6. The number of benzene rings is 1. The molecule has 0 unspecified atom stereocenters. The first-order valence-electron chi connectivity index (χ1n) is 6.57.